The van der Waals surface area contributed by atoms with Gasteiger partial charge in [0.15, 0.2) is 5.78 Å². The van der Waals surface area contributed by atoms with Crippen LogP contribution in [0.1, 0.15) is 65.7 Å². The first kappa shape index (κ1) is 31.3. The van der Waals surface area contributed by atoms with E-state index >= 15 is 0 Å². The van der Waals surface area contributed by atoms with E-state index in [4.69, 9.17) is 14.8 Å². The second-order valence-corrected chi connectivity index (χ2v) is 11.0. The molecule has 14 nitrogen and oxygen atoms in total. The van der Waals surface area contributed by atoms with Gasteiger partial charge in [-0.1, -0.05) is 40.0 Å². The average molecular weight is 546 g/mol. The molecule has 0 aromatic rings. The number of likely N-dealkylation sites (tertiary alicyclic amines) is 1. The lowest BCUT2D eigenvalue weighted by molar-refractivity contribution is -0.150. The van der Waals surface area contributed by atoms with Crippen molar-refractivity contribution >= 4 is 38.4 Å². The lowest BCUT2D eigenvalue weighted by Crippen LogP contribution is -2.62. The predicted molar refractivity (Wildman–Crippen MR) is 122 cm³/mol. The third-order valence-electron chi connectivity index (χ3n) is 5.88. The average Bonchev–Trinajstić information content (AvgIpc) is 3.18. The summed E-state index contributed by atoms with van der Waals surface area (Å²) in [5.41, 5.74) is 5.70. The van der Waals surface area contributed by atoms with Gasteiger partial charge in [0.05, 0.1) is 12.6 Å². The number of hydrogen-bond acceptors (Lipinski definition) is 10. The van der Waals surface area contributed by atoms with Gasteiger partial charge in [-0.2, -0.15) is 16.8 Å². The molecule has 16 heteroatoms. The van der Waals surface area contributed by atoms with Gasteiger partial charge in [0.25, 0.3) is 0 Å². The predicted octanol–water partition coefficient (Wildman–Crippen LogP) is 0.157. The standard InChI is InChI=1S/C19H35N3O11S2/c1-4-5-6-8-14(11-15(23)21-33-35(29,30)31)17(24)19(12-32-34(26,27)28)9-7-10-22(19)18(25)16(20)13(2)3/h13-14,16H,4-12,20H2,1-3H3,(H,21,23)(H,26,27,28)(H,29,30,31)/t14?,16-,19-/m0/s1. The van der Waals surface area contributed by atoms with E-state index in [2.05, 4.69) is 8.47 Å². The summed E-state index contributed by atoms with van der Waals surface area (Å²) in [6.07, 6.45) is 1.84. The first-order valence-corrected chi connectivity index (χ1v) is 13.9. The van der Waals surface area contributed by atoms with E-state index in [9.17, 15) is 31.2 Å². The summed E-state index contributed by atoms with van der Waals surface area (Å²) in [7, 11) is -9.96. The summed E-state index contributed by atoms with van der Waals surface area (Å²) in [5.74, 6) is -3.75. The summed E-state index contributed by atoms with van der Waals surface area (Å²) in [6.45, 7) is 4.50. The second kappa shape index (κ2) is 13.0. The Morgan fingerprint density at radius 3 is 2.26 bits per heavy atom. The molecule has 204 valence electrons. The Balaban J connectivity index is 3.36. The van der Waals surface area contributed by atoms with Crippen molar-refractivity contribution in [2.45, 2.75) is 77.3 Å². The van der Waals surface area contributed by atoms with Gasteiger partial charge in [-0.3, -0.25) is 23.5 Å². The molecule has 0 aromatic carbocycles. The van der Waals surface area contributed by atoms with Crippen LogP contribution in [0.5, 0.6) is 0 Å². The molecule has 1 heterocycles. The van der Waals surface area contributed by atoms with Gasteiger partial charge in [0.2, 0.25) is 11.8 Å². The Morgan fingerprint density at radius 1 is 1.11 bits per heavy atom. The number of Topliss-reactive ketones (excluding diaryl/α,β-unsaturated/α-hetero) is 1. The van der Waals surface area contributed by atoms with E-state index < -0.39 is 68.9 Å². The molecule has 3 atom stereocenters. The Bertz CT molecular complexity index is 969. The van der Waals surface area contributed by atoms with E-state index in [1.54, 1.807) is 13.8 Å². The van der Waals surface area contributed by atoms with Crippen molar-refractivity contribution in [1.82, 2.24) is 10.4 Å². The number of nitrogens with two attached hydrogens (primary N) is 1. The molecular weight excluding hydrogens is 510 g/mol. The van der Waals surface area contributed by atoms with E-state index in [1.807, 2.05) is 6.92 Å². The number of nitrogens with one attached hydrogen (secondary N) is 1. The number of ketones is 1. The van der Waals surface area contributed by atoms with Crippen LogP contribution < -0.4 is 11.2 Å². The number of nitrogens with zero attached hydrogens (tertiary/aromatic N) is 1. The Hall–Kier alpha value is -1.69. The Labute approximate surface area is 205 Å². The number of hydrogen-bond donors (Lipinski definition) is 4. The van der Waals surface area contributed by atoms with Crippen molar-refractivity contribution in [2.75, 3.05) is 13.2 Å². The molecule has 1 aliphatic heterocycles. The van der Waals surface area contributed by atoms with Gasteiger partial charge in [-0.05, 0) is 25.2 Å². The summed E-state index contributed by atoms with van der Waals surface area (Å²) >= 11 is 0. The minimum Gasteiger partial charge on any atom is -0.326 e. The number of hydroxylamine groups is 1. The number of rotatable bonds is 15. The smallest absolute Gasteiger partial charge is 0.326 e. The lowest BCUT2D eigenvalue weighted by Gasteiger charge is -2.40. The number of carbonyl (C=O) groups is 3. The van der Waals surface area contributed by atoms with Crippen molar-refractivity contribution in [1.29, 1.82) is 0 Å². The highest BCUT2D eigenvalue weighted by atomic mass is 32.3. The van der Waals surface area contributed by atoms with E-state index in [1.165, 1.54) is 5.48 Å². The van der Waals surface area contributed by atoms with Gasteiger partial charge in [0, 0.05) is 18.9 Å². The van der Waals surface area contributed by atoms with Gasteiger partial charge in [0.1, 0.15) is 5.54 Å². The van der Waals surface area contributed by atoms with E-state index in [0.717, 1.165) is 11.3 Å². The maximum atomic E-state index is 13.8. The van der Waals surface area contributed by atoms with Crippen molar-refractivity contribution in [3.63, 3.8) is 0 Å². The molecule has 0 bridgehead atoms. The number of amides is 2. The topological polar surface area (TPSA) is 220 Å². The van der Waals surface area contributed by atoms with Crippen molar-refractivity contribution in [2.24, 2.45) is 17.6 Å². The molecule has 2 amide bonds. The molecule has 5 N–H and O–H groups in total. The van der Waals surface area contributed by atoms with Crippen LogP contribution in [0.3, 0.4) is 0 Å². The Morgan fingerprint density at radius 2 is 1.74 bits per heavy atom. The van der Waals surface area contributed by atoms with Crippen molar-refractivity contribution < 1.29 is 48.8 Å². The van der Waals surface area contributed by atoms with Crippen LogP contribution in [0, 0.1) is 11.8 Å². The quantitative estimate of drug-likeness (QED) is 0.123. The van der Waals surface area contributed by atoms with Crippen LogP contribution in [0.4, 0.5) is 0 Å². The number of carbonyl (C=O) groups excluding carboxylic acids is 3. The summed E-state index contributed by atoms with van der Waals surface area (Å²) in [6, 6.07) is -1.00. The summed E-state index contributed by atoms with van der Waals surface area (Å²) < 4.78 is 70.4. The van der Waals surface area contributed by atoms with Crippen LogP contribution in [0.15, 0.2) is 0 Å². The molecule has 35 heavy (non-hydrogen) atoms. The lowest BCUT2D eigenvalue weighted by atomic mass is 9.79. The van der Waals surface area contributed by atoms with Crippen LogP contribution >= 0.6 is 0 Å². The van der Waals surface area contributed by atoms with E-state index in [-0.39, 0.29) is 25.3 Å². The van der Waals surface area contributed by atoms with Gasteiger partial charge >= 0.3 is 20.8 Å². The SMILES string of the molecule is CCCCCC(CC(=O)NOS(=O)(=O)O)C(=O)[C@@]1(COS(=O)(=O)O)CCCN1C(=O)[C@@H](N)C(C)C. The molecule has 1 saturated heterocycles. The van der Waals surface area contributed by atoms with Crippen LogP contribution in [-0.2, 0) is 43.6 Å². The molecule has 1 aliphatic rings. The minimum atomic E-state index is -4.98. The van der Waals surface area contributed by atoms with Gasteiger partial charge in [-0.15, -0.1) is 4.28 Å². The van der Waals surface area contributed by atoms with Crippen LogP contribution in [0.2, 0.25) is 0 Å². The summed E-state index contributed by atoms with van der Waals surface area (Å²) in [4.78, 5) is 40.4. The van der Waals surface area contributed by atoms with Gasteiger partial charge < -0.3 is 10.6 Å². The third-order valence-corrected chi connectivity index (χ3v) is 6.59. The molecular formula is C19H35N3O11S2. The molecule has 0 radical (unpaired) electrons. The van der Waals surface area contributed by atoms with Crippen LogP contribution in [0.25, 0.3) is 0 Å². The largest absolute Gasteiger partial charge is 0.418 e. The van der Waals surface area contributed by atoms with Crippen LogP contribution in [-0.4, -0.2) is 73.2 Å². The maximum absolute atomic E-state index is 13.8. The zero-order valence-corrected chi connectivity index (χ0v) is 21.6. The molecule has 0 aromatic heterocycles. The highest BCUT2D eigenvalue weighted by Crippen LogP contribution is 2.36. The fraction of sp³-hybridized carbons (Fsp3) is 0.842. The third kappa shape index (κ3) is 9.70. The van der Waals surface area contributed by atoms with Crippen molar-refractivity contribution in [3.8, 4) is 0 Å². The zero-order chi connectivity index (χ0) is 27.0. The van der Waals surface area contributed by atoms with Crippen molar-refractivity contribution in [3.05, 3.63) is 0 Å². The highest BCUT2D eigenvalue weighted by molar-refractivity contribution is 7.81. The molecule has 0 spiro atoms. The fourth-order valence-electron chi connectivity index (χ4n) is 4.03. The molecule has 0 aliphatic carbocycles. The minimum absolute atomic E-state index is 0.00861. The molecule has 1 rings (SSSR count). The molecule has 1 unspecified atom stereocenters. The monoisotopic (exact) mass is 545 g/mol. The number of unbranched alkanes of at least 4 members (excludes halogenated alkanes) is 2. The maximum Gasteiger partial charge on any atom is 0.418 e. The first-order chi connectivity index (χ1) is 16.0. The Kier molecular flexibility index (Phi) is 11.7. The second-order valence-electron chi connectivity index (χ2n) is 8.88. The molecule has 0 saturated carbocycles. The highest BCUT2D eigenvalue weighted by Gasteiger charge is 2.53. The first-order valence-electron chi connectivity index (χ1n) is 11.2. The normalized spacial score (nSPS) is 20.6. The summed E-state index contributed by atoms with van der Waals surface area (Å²) in [5, 5.41) is 0. The van der Waals surface area contributed by atoms with E-state index in [0.29, 0.717) is 19.3 Å². The fourth-order valence-corrected chi connectivity index (χ4v) is 4.57. The van der Waals surface area contributed by atoms with Gasteiger partial charge in [-0.25, -0.2) is 9.66 Å². The molecule has 1 fully saturated rings. The zero-order valence-electron chi connectivity index (χ0n) is 20.0.